The summed E-state index contributed by atoms with van der Waals surface area (Å²) in [5.41, 5.74) is 0. The summed E-state index contributed by atoms with van der Waals surface area (Å²) >= 11 is 0. The summed E-state index contributed by atoms with van der Waals surface area (Å²) in [6.45, 7) is 5.65. The third kappa shape index (κ3) is 4.91. The van der Waals surface area contributed by atoms with Gasteiger partial charge < -0.3 is 10.1 Å². The first-order valence-electron chi connectivity index (χ1n) is 5.84. The summed E-state index contributed by atoms with van der Waals surface area (Å²) in [5.74, 6) is -3.33. The Morgan fingerprint density at radius 3 is 2.67 bits per heavy atom. The Balaban J connectivity index is 2.29. The molecule has 18 heavy (non-hydrogen) atoms. The van der Waals surface area contributed by atoms with Gasteiger partial charge in [-0.1, -0.05) is 13.8 Å². The van der Waals surface area contributed by atoms with Crippen molar-refractivity contribution in [2.24, 2.45) is 5.92 Å². The summed E-state index contributed by atoms with van der Waals surface area (Å²) in [6, 6.07) is 0.472. The van der Waals surface area contributed by atoms with Crippen LogP contribution in [0.1, 0.15) is 20.3 Å². The maximum atomic E-state index is 13.1. The quantitative estimate of drug-likeness (QED) is 0.606. The Morgan fingerprint density at radius 1 is 1.28 bits per heavy atom. The van der Waals surface area contributed by atoms with Crippen molar-refractivity contribution < 1.29 is 17.9 Å². The molecule has 102 valence electrons. The Bertz CT molecular complexity index is 386. The number of hydrogen-bond acceptors (Lipinski definition) is 3. The lowest BCUT2D eigenvalue weighted by Crippen LogP contribution is -2.11. The monoisotopic (exact) mass is 262 g/mol. The number of rotatable bonds is 7. The largest absolute Gasteiger partial charge is 0.381 e. The summed E-state index contributed by atoms with van der Waals surface area (Å²) in [6.07, 6.45) is 0.632. The van der Waals surface area contributed by atoms with E-state index >= 15 is 0 Å². The minimum absolute atomic E-state index is 0.280. The number of ether oxygens (including phenoxy) is 1. The molecule has 0 bridgehead atoms. The van der Waals surface area contributed by atoms with Crippen molar-refractivity contribution in [1.29, 1.82) is 0 Å². The average Bonchev–Trinajstić information content (AvgIpc) is 2.29. The zero-order valence-electron chi connectivity index (χ0n) is 10.5. The van der Waals surface area contributed by atoms with Crippen molar-refractivity contribution >= 4 is 5.82 Å². The molecule has 1 aromatic rings. The molecule has 1 N–H and O–H groups in total. The standard InChI is InChI=1S/C12H17F3N2O/c1-8(2)7-18-5-3-4-16-12-10(14)6-9(13)11(15)17-12/h6,8H,3-5,7H2,1-2H3,(H,16,17). The lowest BCUT2D eigenvalue weighted by molar-refractivity contribution is 0.110. The molecule has 0 aromatic carbocycles. The van der Waals surface area contributed by atoms with Gasteiger partial charge in [0.25, 0.3) is 5.95 Å². The van der Waals surface area contributed by atoms with Gasteiger partial charge in [-0.2, -0.15) is 9.37 Å². The molecule has 0 fully saturated rings. The van der Waals surface area contributed by atoms with E-state index < -0.39 is 17.6 Å². The fourth-order valence-electron chi connectivity index (χ4n) is 1.27. The first kappa shape index (κ1) is 14.8. The highest BCUT2D eigenvalue weighted by molar-refractivity contribution is 5.35. The molecule has 1 rings (SSSR count). The van der Waals surface area contributed by atoms with Crippen molar-refractivity contribution in [3.8, 4) is 0 Å². The molecule has 0 saturated carbocycles. The molecule has 0 radical (unpaired) electrons. The highest BCUT2D eigenvalue weighted by Gasteiger charge is 2.10. The summed E-state index contributed by atoms with van der Waals surface area (Å²) in [5, 5.41) is 2.60. The van der Waals surface area contributed by atoms with Crippen LogP contribution in [0.3, 0.4) is 0 Å². The minimum atomic E-state index is -1.31. The van der Waals surface area contributed by atoms with Crippen LogP contribution >= 0.6 is 0 Å². The van der Waals surface area contributed by atoms with Gasteiger partial charge in [-0.05, 0) is 12.3 Å². The van der Waals surface area contributed by atoms with Crippen LogP contribution in [0.25, 0.3) is 0 Å². The van der Waals surface area contributed by atoms with Gasteiger partial charge in [-0.3, -0.25) is 0 Å². The SMILES string of the molecule is CC(C)COCCCNc1nc(F)c(F)cc1F. The lowest BCUT2D eigenvalue weighted by atomic mass is 10.2. The number of halogens is 3. The van der Waals surface area contributed by atoms with Crippen molar-refractivity contribution in [3.63, 3.8) is 0 Å². The molecule has 0 saturated heterocycles. The van der Waals surface area contributed by atoms with Gasteiger partial charge in [0, 0.05) is 25.8 Å². The number of hydrogen-bond donors (Lipinski definition) is 1. The fraction of sp³-hybridized carbons (Fsp3) is 0.583. The molecule has 1 aromatic heterocycles. The van der Waals surface area contributed by atoms with Crippen molar-refractivity contribution in [3.05, 3.63) is 23.6 Å². The second kappa shape index (κ2) is 7.20. The van der Waals surface area contributed by atoms with Gasteiger partial charge in [0.15, 0.2) is 17.5 Å². The molecule has 0 aliphatic rings. The van der Waals surface area contributed by atoms with Crippen molar-refractivity contribution in [1.82, 2.24) is 4.98 Å². The van der Waals surface area contributed by atoms with E-state index in [1.165, 1.54) is 0 Å². The summed E-state index contributed by atoms with van der Waals surface area (Å²) in [4.78, 5) is 3.15. The van der Waals surface area contributed by atoms with E-state index in [-0.39, 0.29) is 5.82 Å². The Labute approximate surface area is 104 Å². The van der Waals surface area contributed by atoms with Crippen LogP contribution < -0.4 is 5.32 Å². The Kier molecular flexibility index (Phi) is 5.91. The van der Waals surface area contributed by atoms with Gasteiger partial charge in [0.05, 0.1) is 0 Å². The van der Waals surface area contributed by atoms with Crippen LogP contribution in [0.15, 0.2) is 6.07 Å². The highest BCUT2D eigenvalue weighted by Crippen LogP contribution is 2.13. The van der Waals surface area contributed by atoms with Gasteiger partial charge in [0.2, 0.25) is 0 Å². The fourth-order valence-corrected chi connectivity index (χ4v) is 1.27. The second-order valence-corrected chi connectivity index (χ2v) is 4.34. The van der Waals surface area contributed by atoms with E-state index in [1.807, 2.05) is 13.8 Å². The zero-order chi connectivity index (χ0) is 13.5. The zero-order valence-corrected chi connectivity index (χ0v) is 10.5. The predicted octanol–water partition coefficient (Wildman–Crippen LogP) is 2.97. The Hall–Kier alpha value is -1.30. The number of anilines is 1. The lowest BCUT2D eigenvalue weighted by Gasteiger charge is -2.08. The van der Waals surface area contributed by atoms with Gasteiger partial charge in [-0.15, -0.1) is 0 Å². The van der Waals surface area contributed by atoms with E-state index in [0.717, 1.165) is 0 Å². The maximum absolute atomic E-state index is 13.1. The number of aromatic nitrogens is 1. The summed E-state index contributed by atoms with van der Waals surface area (Å²) in [7, 11) is 0. The van der Waals surface area contributed by atoms with Crippen LogP contribution in [0.5, 0.6) is 0 Å². The van der Waals surface area contributed by atoms with Crippen LogP contribution in [0, 0.1) is 23.5 Å². The smallest absolute Gasteiger partial charge is 0.251 e. The van der Waals surface area contributed by atoms with Gasteiger partial charge in [-0.25, -0.2) is 8.78 Å². The van der Waals surface area contributed by atoms with E-state index in [0.29, 0.717) is 38.2 Å². The van der Waals surface area contributed by atoms with Crippen LogP contribution in [0.4, 0.5) is 19.0 Å². The summed E-state index contributed by atoms with van der Waals surface area (Å²) < 4.78 is 43.8. The molecule has 6 heteroatoms. The molecular formula is C12H17F3N2O. The molecule has 0 atom stereocenters. The second-order valence-electron chi connectivity index (χ2n) is 4.34. The molecule has 3 nitrogen and oxygen atoms in total. The Morgan fingerprint density at radius 2 is 2.00 bits per heavy atom. The number of nitrogens with zero attached hydrogens (tertiary/aromatic N) is 1. The molecule has 0 amide bonds. The van der Waals surface area contributed by atoms with E-state index in [9.17, 15) is 13.2 Å². The first-order chi connectivity index (χ1) is 8.50. The van der Waals surface area contributed by atoms with Crippen LogP contribution in [-0.4, -0.2) is 24.7 Å². The van der Waals surface area contributed by atoms with Crippen molar-refractivity contribution in [2.75, 3.05) is 25.1 Å². The molecule has 0 aliphatic heterocycles. The van der Waals surface area contributed by atoms with E-state index in [2.05, 4.69) is 10.3 Å². The molecule has 0 spiro atoms. The number of pyridine rings is 1. The topological polar surface area (TPSA) is 34.1 Å². The minimum Gasteiger partial charge on any atom is -0.381 e. The highest BCUT2D eigenvalue weighted by atomic mass is 19.2. The predicted molar refractivity (Wildman–Crippen MR) is 62.9 cm³/mol. The van der Waals surface area contributed by atoms with Crippen LogP contribution in [0.2, 0.25) is 0 Å². The molecular weight excluding hydrogens is 245 g/mol. The average molecular weight is 262 g/mol. The molecule has 1 heterocycles. The third-order valence-corrected chi connectivity index (χ3v) is 2.10. The molecule has 0 aliphatic carbocycles. The van der Waals surface area contributed by atoms with E-state index in [1.54, 1.807) is 0 Å². The maximum Gasteiger partial charge on any atom is 0.251 e. The van der Waals surface area contributed by atoms with Crippen LogP contribution in [-0.2, 0) is 4.74 Å². The third-order valence-electron chi connectivity index (χ3n) is 2.10. The first-order valence-corrected chi connectivity index (χ1v) is 5.84. The normalized spacial score (nSPS) is 11.0. The van der Waals surface area contributed by atoms with Crippen molar-refractivity contribution in [2.45, 2.75) is 20.3 Å². The van der Waals surface area contributed by atoms with Gasteiger partial charge in [0.1, 0.15) is 0 Å². The number of nitrogens with one attached hydrogen (secondary N) is 1. The molecule has 0 unspecified atom stereocenters. The van der Waals surface area contributed by atoms with Gasteiger partial charge >= 0.3 is 0 Å². The van der Waals surface area contributed by atoms with E-state index in [4.69, 9.17) is 4.74 Å².